The predicted octanol–water partition coefficient (Wildman–Crippen LogP) is 8.68. The van der Waals surface area contributed by atoms with Gasteiger partial charge in [0.2, 0.25) is 5.91 Å². The van der Waals surface area contributed by atoms with Gasteiger partial charge in [0, 0.05) is 16.7 Å². The zero-order valence-corrected chi connectivity index (χ0v) is 28.0. The van der Waals surface area contributed by atoms with Crippen LogP contribution in [0, 0.1) is 12.7 Å². The summed E-state index contributed by atoms with van der Waals surface area (Å²) in [6.45, 7) is 1.41. The number of rotatable bonds is 9. The molecular weight excluding hydrogens is 733 g/mol. The van der Waals surface area contributed by atoms with E-state index in [1.165, 1.54) is 64.4 Å². The lowest BCUT2D eigenvalue weighted by Gasteiger charge is -2.21. The van der Waals surface area contributed by atoms with Crippen molar-refractivity contribution in [2.24, 2.45) is 4.99 Å². The molecule has 0 aliphatic carbocycles. The van der Waals surface area contributed by atoms with E-state index in [0.29, 0.717) is 16.9 Å². The van der Waals surface area contributed by atoms with Crippen molar-refractivity contribution in [2.45, 2.75) is 32.7 Å². The smallest absolute Gasteiger partial charge is 0.405 e. The van der Waals surface area contributed by atoms with Gasteiger partial charge < -0.3 is 14.8 Å². The molecule has 6 rings (SSSR count). The fraction of sp³-hybridized carbons (Fsp3) is 0.171. The van der Waals surface area contributed by atoms with E-state index in [1.54, 1.807) is 25.1 Å². The molecule has 1 N–H and O–H groups in total. The topological polar surface area (TPSA) is 111 Å². The Labute approximate surface area is 300 Å². The summed E-state index contributed by atoms with van der Waals surface area (Å²) in [6, 6.07) is 17.6. The van der Waals surface area contributed by atoms with Crippen molar-refractivity contribution in [2.75, 3.05) is 16.0 Å². The number of carbonyl (C=O) groups excluding carboxylic acids is 2. The second-order valence-electron chi connectivity index (χ2n) is 11.4. The number of hydrogen-bond acceptors (Lipinski definition) is 7. The first-order valence-electron chi connectivity index (χ1n) is 15.4. The highest BCUT2D eigenvalue weighted by molar-refractivity contribution is 8.15. The number of halogens is 7. The average Bonchev–Trinajstić information content (AvgIpc) is 3.73. The zero-order valence-electron chi connectivity index (χ0n) is 27.2. The fourth-order valence-corrected chi connectivity index (χ4v) is 5.97. The molecule has 0 saturated carbocycles. The largest absolute Gasteiger partial charge is 0.573 e. The number of aryl methyl sites for hydroxylation is 1. The van der Waals surface area contributed by atoms with Gasteiger partial charge >= 0.3 is 18.6 Å². The van der Waals surface area contributed by atoms with Gasteiger partial charge in [-0.15, -0.1) is 18.3 Å². The van der Waals surface area contributed by atoms with E-state index in [4.69, 9.17) is 4.74 Å². The van der Waals surface area contributed by atoms with Crippen LogP contribution in [0.3, 0.4) is 0 Å². The highest BCUT2D eigenvalue weighted by Gasteiger charge is 2.34. The molecular formula is C35H25F7N6O4S. The van der Waals surface area contributed by atoms with Crippen LogP contribution in [0.4, 0.5) is 46.9 Å². The van der Waals surface area contributed by atoms with Gasteiger partial charge in [-0.1, -0.05) is 42.1 Å². The van der Waals surface area contributed by atoms with Crippen LogP contribution in [-0.4, -0.2) is 44.0 Å². The summed E-state index contributed by atoms with van der Waals surface area (Å²) < 4.78 is 103. The minimum atomic E-state index is -4.89. The lowest BCUT2D eigenvalue weighted by molar-refractivity contribution is -0.275. The molecule has 1 aromatic heterocycles. The number of hydrogen-bond donors (Lipinski definition) is 1. The van der Waals surface area contributed by atoms with Gasteiger partial charge in [0.05, 0.1) is 41.6 Å². The average molecular weight is 759 g/mol. The molecule has 53 heavy (non-hydrogen) atoms. The van der Waals surface area contributed by atoms with E-state index < -0.39 is 41.6 Å². The highest BCUT2D eigenvalue weighted by atomic mass is 32.2. The summed E-state index contributed by atoms with van der Waals surface area (Å²) in [5.74, 6) is -1.68. The maximum absolute atomic E-state index is 15.2. The second-order valence-corrected chi connectivity index (χ2v) is 12.3. The minimum Gasteiger partial charge on any atom is -0.405 e. The van der Waals surface area contributed by atoms with Gasteiger partial charge in [-0.2, -0.15) is 18.2 Å². The van der Waals surface area contributed by atoms with Crippen molar-refractivity contribution < 1.29 is 49.8 Å². The first-order chi connectivity index (χ1) is 25.1. The fourth-order valence-electron chi connectivity index (χ4n) is 5.11. The van der Waals surface area contributed by atoms with Crippen LogP contribution in [0.15, 0.2) is 96.2 Å². The van der Waals surface area contributed by atoms with Crippen molar-refractivity contribution in [3.05, 3.63) is 119 Å². The van der Waals surface area contributed by atoms with Crippen LogP contribution >= 0.6 is 11.8 Å². The Kier molecular flexibility index (Phi) is 10.5. The lowest BCUT2D eigenvalue weighted by atomic mass is 10.1. The molecule has 1 saturated heterocycles. The van der Waals surface area contributed by atoms with Crippen molar-refractivity contribution in [1.29, 1.82) is 0 Å². The van der Waals surface area contributed by atoms with Crippen LogP contribution in [0.1, 0.15) is 22.3 Å². The summed E-state index contributed by atoms with van der Waals surface area (Å²) in [5.41, 5.74) is 1.15. The third kappa shape index (κ3) is 9.01. The van der Waals surface area contributed by atoms with Crippen LogP contribution < -0.4 is 15.0 Å². The van der Waals surface area contributed by atoms with Crippen LogP contribution in [0.2, 0.25) is 0 Å². The number of aliphatic imine (C=N–C) groups is 1. The van der Waals surface area contributed by atoms with Crippen molar-refractivity contribution in [3.63, 3.8) is 0 Å². The molecule has 0 atom stereocenters. The Hall–Kier alpha value is -5.75. The van der Waals surface area contributed by atoms with Gasteiger partial charge in [-0.25, -0.2) is 18.9 Å². The molecule has 274 valence electrons. The lowest BCUT2D eigenvalue weighted by Crippen LogP contribution is -2.31. The number of aromatic nitrogens is 3. The number of amides is 3. The van der Waals surface area contributed by atoms with E-state index >= 15 is 4.39 Å². The van der Waals surface area contributed by atoms with Crippen LogP contribution in [-0.2, 0) is 28.9 Å². The number of amidine groups is 1. The SMILES string of the molecule is Cc1ccc(COCc2ccccc2OC(F)(F)F)c(N2C(=O)CS/C2=N\C(=O)Nc2ccc(-c3ncn(-c4ccc(C(F)(F)F)cc4)n3)cc2F)c1. The molecule has 1 aliphatic rings. The Bertz CT molecular complexity index is 2190. The maximum Gasteiger partial charge on any atom is 0.573 e. The summed E-state index contributed by atoms with van der Waals surface area (Å²) in [5, 5.41) is 6.55. The Morgan fingerprint density at radius 1 is 0.943 bits per heavy atom. The van der Waals surface area contributed by atoms with E-state index in [2.05, 4.69) is 25.1 Å². The van der Waals surface area contributed by atoms with E-state index in [9.17, 15) is 35.9 Å². The van der Waals surface area contributed by atoms with Crippen LogP contribution in [0.25, 0.3) is 17.1 Å². The van der Waals surface area contributed by atoms with Gasteiger partial charge in [-0.05, 0) is 67.1 Å². The number of nitrogens with one attached hydrogen (secondary N) is 1. The highest BCUT2D eigenvalue weighted by Crippen LogP contribution is 2.33. The molecule has 0 radical (unpaired) electrons. The minimum absolute atomic E-state index is 0.00157. The standard InChI is InChI=1S/C35H25F7N6O4S/c1-20-6-7-22(16-51-17-23-4-2-3-5-29(23)52-35(40,41)42)28(14-20)48-30(49)18-53-33(48)45-32(50)44-27-13-8-21(15-26(27)36)31-43-19-47(46-31)25-11-9-24(10-12-25)34(37,38)39/h2-15,19H,16-18H2,1H3,(H,44,50)/b45-33-. The van der Waals surface area contributed by atoms with E-state index in [1.807, 2.05) is 0 Å². The number of ether oxygens (including phenoxy) is 2. The molecule has 4 aromatic carbocycles. The number of anilines is 2. The zero-order chi connectivity index (χ0) is 37.9. The number of nitrogens with zero attached hydrogens (tertiary/aromatic N) is 5. The van der Waals surface area contributed by atoms with Crippen molar-refractivity contribution in [1.82, 2.24) is 14.8 Å². The predicted molar refractivity (Wildman–Crippen MR) is 181 cm³/mol. The third-order valence-electron chi connectivity index (χ3n) is 7.58. The summed E-state index contributed by atoms with van der Waals surface area (Å²) in [6.07, 6.45) is -8.14. The van der Waals surface area contributed by atoms with Gasteiger partial charge in [0.1, 0.15) is 17.9 Å². The summed E-state index contributed by atoms with van der Waals surface area (Å²) in [7, 11) is 0. The quantitative estimate of drug-likeness (QED) is 0.150. The molecule has 18 heteroatoms. The Morgan fingerprint density at radius 3 is 2.40 bits per heavy atom. The van der Waals surface area contributed by atoms with Crippen molar-refractivity contribution >= 4 is 40.2 Å². The molecule has 5 aromatic rings. The number of thioether (sulfide) groups is 1. The number of urea groups is 1. The monoisotopic (exact) mass is 758 g/mol. The number of benzene rings is 4. The maximum atomic E-state index is 15.2. The Morgan fingerprint density at radius 2 is 1.68 bits per heavy atom. The Balaban J connectivity index is 1.14. The van der Waals surface area contributed by atoms with E-state index in [0.717, 1.165) is 35.5 Å². The molecule has 0 bridgehead atoms. The summed E-state index contributed by atoms with van der Waals surface area (Å²) >= 11 is 0.974. The van der Waals surface area contributed by atoms with Gasteiger partial charge in [0.15, 0.2) is 11.0 Å². The molecule has 1 aliphatic heterocycles. The first-order valence-corrected chi connectivity index (χ1v) is 16.4. The van der Waals surface area contributed by atoms with Gasteiger partial charge in [-0.3, -0.25) is 9.69 Å². The van der Waals surface area contributed by atoms with E-state index in [-0.39, 0.29) is 46.8 Å². The number of carbonyl (C=O) groups is 2. The summed E-state index contributed by atoms with van der Waals surface area (Å²) in [4.78, 5) is 35.4. The molecule has 1 fully saturated rings. The second kappa shape index (κ2) is 15.1. The van der Waals surface area contributed by atoms with Crippen molar-refractivity contribution in [3.8, 4) is 22.8 Å². The molecule has 0 unspecified atom stereocenters. The third-order valence-corrected chi connectivity index (χ3v) is 8.50. The first kappa shape index (κ1) is 37.0. The number of alkyl halides is 6. The van der Waals surface area contributed by atoms with Gasteiger partial charge in [0.25, 0.3) is 0 Å². The van der Waals surface area contributed by atoms with Crippen LogP contribution in [0.5, 0.6) is 5.75 Å². The molecule has 0 spiro atoms. The molecule has 3 amide bonds. The number of para-hydroxylation sites is 1. The molecule has 10 nitrogen and oxygen atoms in total. The molecule has 2 heterocycles. The normalized spacial score (nSPS) is 14.2.